The summed E-state index contributed by atoms with van der Waals surface area (Å²) in [7, 11) is 0. The van der Waals surface area contributed by atoms with Crippen LogP contribution in [0.15, 0.2) is 394 Å². The minimum Gasteiger partial charge on any atom is -0.309 e. The lowest BCUT2D eigenvalue weighted by atomic mass is 9.98. The van der Waals surface area contributed by atoms with Gasteiger partial charge in [-0.05, 0) is 171 Å². The second kappa shape index (κ2) is 26.0. The largest absolute Gasteiger partial charge is 0.309 e. The van der Waals surface area contributed by atoms with Crippen molar-refractivity contribution in [2.45, 2.75) is 0 Å². The van der Waals surface area contributed by atoms with Gasteiger partial charge in [-0.1, -0.05) is 279 Å². The highest BCUT2D eigenvalue weighted by molar-refractivity contribution is 6.15. The van der Waals surface area contributed by atoms with Crippen LogP contribution in [0, 0.1) is 0 Å². The van der Waals surface area contributed by atoms with E-state index in [1.54, 1.807) is 0 Å². The summed E-state index contributed by atoms with van der Waals surface area (Å²) in [5.74, 6) is 1.87. The van der Waals surface area contributed by atoms with Crippen molar-refractivity contribution in [2.24, 2.45) is 0 Å². The van der Waals surface area contributed by atoms with E-state index < -0.39 is 0 Å². The highest BCUT2D eigenvalue weighted by Gasteiger charge is 2.22. The molecule has 0 amide bonds. The minimum absolute atomic E-state index is 0.590. The highest BCUT2D eigenvalue weighted by Crippen LogP contribution is 2.43. The zero-order chi connectivity index (χ0) is 70.0. The summed E-state index contributed by atoms with van der Waals surface area (Å²) >= 11 is 0. The summed E-state index contributed by atoms with van der Waals surface area (Å²) < 4.78 is 9.36. The molecule has 16 aromatic carbocycles. The van der Waals surface area contributed by atoms with Crippen molar-refractivity contribution in [3.63, 3.8) is 0 Å². The van der Waals surface area contributed by atoms with Crippen molar-refractivity contribution >= 4 is 87.2 Å². The molecule has 0 N–H and O–H groups in total. The maximum absolute atomic E-state index is 5.08. The van der Waals surface area contributed by atoms with E-state index in [9.17, 15) is 0 Å². The molecule has 5 heterocycles. The van der Waals surface area contributed by atoms with E-state index in [1.165, 1.54) is 115 Å². The number of benzene rings is 16. The zero-order valence-electron chi connectivity index (χ0n) is 57.7. The monoisotopic (exact) mass is 1350 g/mol. The summed E-state index contributed by atoms with van der Waals surface area (Å²) in [5, 5.41) is 9.75. The molecule has 7 heteroatoms. The molecule has 0 aliphatic carbocycles. The van der Waals surface area contributed by atoms with E-state index in [-0.39, 0.29) is 0 Å². The lowest BCUT2D eigenvalue weighted by molar-refractivity contribution is 0.953. The maximum atomic E-state index is 5.08. The van der Waals surface area contributed by atoms with Crippen molar-refractivity contribution in [1.82, 2.24) is 33.2 Å². The van der Waals surface area contributed by atoms with E-state index in [4.69, 9.17) is 15.0 Å². The Morgan fingerprint density at radius 3 is 0.764 bits per heavy atom. The summed E-state index contributed by atoms with van der Waals surface area (Å²) in [6, 6.07) is 141. The number of nitrogens with zero attached hydrogens (tertiary/aromatic N) is 7. The molecular formula is C99H65N7. The number of fused-ring (bicyclic) bond motifs is 12. The predicted octanol–water partition coefficient (Wildman–Crippen LogP) is 25.6. The van der Waals surface area contributed by atoms with Gasteiger partial charge in [0.1, 0.15) is 0 Å². The topological polar surface area (TPSA) is 58.4 Å². The van der Waals surface area contributed by atoms with Crippen LogP contribution in [0.25, 0.3) is 189 Å². The normalized spacial score (nSPS) is 11.6. The third-order valence-electron chi connectivity index (χ3n) is 20.9. The fourth-order valence-electron chi connectivity index (χ4n) is 15.9. The number of aromatic nitrogens is 7. The molecule has 5 aromatic heterocycles. The van der Waals surface area contributed by atoms with Gasteiger partial charge in [0.15, 0.2) is 11.6 Å². The van der Waals surface area contributed by atoms with Crippen LogP contribution in [-0.2, 0) is 0 Å². The van der Waals surface area contributed by atoms with Crippen molar-refractivity contribution in [3.05, 3.63) is 394 Å². The van der Waals surface area contributed by atoms with Gasteiger partial charge in [0.2, 0.25) is 5.95 Å². The highest BCUT2D eigenvalue weighted by atomic mass is 15.2. The zero-order valence-corrected chi connectivity index (χ0v) is 57.7. The van der Waals surface area contributed by atoms with E-state index in [2.05, 4.69) is 352 Å². The summed E-state index contributed by atoms with van der Waals surface area (Å²) in [6.07, 6.45) is 0. The lowest BCUT2D eigenvalue weighted by Gasteiger charge is -2.14. The Morgan fingerprint density at radius 1 is 0.142 bits per heavy atom. The second-order valence-corrected chi connectivity index (χ2v) is 27.1. The number of rotatable bonds is 11. The third-order valence-corrected chi connectivity index (χ3v) is 20.9. The van der Waals surface area contributed by atoms with Gasteiger partial charge < -0.3 is 13.7 Å². The van der Waals surface area contributed by atoms with Crippen molar-refractivity contribution in [3.8, 4) is 101 Å². The molecule has 0 unspecified atom stereocenters. The Kier molecular flexibility index (Phi) is 15.1. The molecule has 21 aromatic rings. The Balaban J connectivity index is 0.000000141. The van der Waals surface area contributed by atoms with Crippen LogP contribution in [0.4, 0.5) is 0 Å². The van der Waals surface area contributed by atoms with Crippen molar-refractivity contribution in [2.75, 3.05) is 0 Å². The minimum atomic E-state index is 0.590. The number of para-hydroxylation sites is 5. The van der Waals surface area contributed by atoms with Crippen LogP contribution in [0.3, 0.4) is 0 Å². The van der Waals surface area contributed by atoms with Crippen molar-refractivity contribution in [1.29, 1.82) is 0 Å². The molecule has 0 atom stereocenters. The quantitative estimate of drug-likeness (QED) is 0.130. The van der Waals surface area contributed by atoms with Crippen LogP contribution in [0.2, 0.25) is 0 Å². The van der Waals surface area contributed by atoms with Gasteiger partial charge in [0.25, 0.3) is 0 Å². The Morgan fingerprint density at radius 2 is 0.396 bits per heavy atom. The molecule has 0 bridgehead atoms. The molecule has 21 rings (SSSR count). The Hall–Kier alpha value is -14.3. The first-order valence-corrected chi connectivity index (χ1v) is 36.1. The third kappa shape index (κ3) is 10.8. The molecule has 0 saturated carbocycles. The molecule has 0 fully saturated rings. The average Bonchev–Trinajstić information content (AvgIpc) is 1.59. The first-order chi connectivity index (χ1) is 52.6. The predicted molar refractivity (Wildman–Crippen MR) is 442 cm³/mol. The van der Waals surface area contributed by atoms with Crippen LogP contribution in [0.5, 0.6) is 0 Å². The Bertz CT molecular complexity index is 6780. The molecule has 106 heavy (non-hydrogen) atoms. The summed E-state index contributed by atoms with van der Waals surface area (Å²) in [5.41, 5.74) is 26.6. The first-order valence-electron chi connectivity index (χ1n) is 36.1. The first kappa shape index (κ1) is 61.6. The molecule has 0 saturated heterocycles. The fraction of sp³-hybridized carbons (Fsp3) is 0. The standard InChI is InChI=1S/C54H36N2.C45H29N5/c1-4-14-37(15-5-1)40-24-28-45(29-25-40)55-51-22-12-10-20-47(51)49-35-41(26-30-53(49)55)42-27-31-54-50(36-42)48-21-11-13-23-52(48)56(54)46-33-43(38-16-6-2-7-17-38)32-44(34-46)39-18-8-3-9-19-39;1-4-14-30(15-5-1)43-46-44(31-16-6-2-7-17-31)48-45(47-43)50-40-23-13-11-21-36(40)38-29-33(25-27-42(38)50)32-24-26-41-37(28-32)35-20-10-12-22-39(35)49(41)34-18-8-3-9-19-34/h1-36H;1-29H. The van der Waals surface area contributed by atoms with Crippen LogP contribution >= 0.6 is 0 Å². The van der Waals surface area contributed by atoms with E-state index in [0.29, 0.717) is 17.6 Å². The Labute approximate surface area is 612 Å². The molecular weight excluding hydrogens is 1290 g/mol. The molecule has 0 spiro atoms. The van der Waals surface area contributed by atoms with Gasteiger partial charge in [-0.15, -0.1) is 0 Å². The van der Waals surface area contributed by atoms with E-state index >= 15 is 0 Å². The van der Waals surface area contributed by atoms with Crippen LogP contribution in [-0.4, -0.2) is 33.2 Å². The molecule has 0 aliphatic rings. The van der Waals surface area contributed by atoms with Crippen molar-refractivity contribution < 1.29 is 0 Å². The van der Waals surface area contributed by atoms with Gasteiger partial charge in [0, 0.05) is 71.3 Å². The SMILES string of the molecule is c1ccc(-c2ccc(-n3c4ccccc4c4cc(-c5ccc6c(c5)c5ccccc5n6-c5cc(-c6ccccc6)cc(-c6ccccc6)c5)ccc43)cc2)cc1.c1ccc(-c2nc(-c3ccccc3)nc(-n3c4ccccc4c4cc(-c5ccc6c(c5)c5ccccc5n6-c5ccccc5)ccc43)n2)cc1. The van der Waals surface area contributed by atoms with Gasteiger partial charge in [-0.25, -0.2) is 4.98 Å². The fourth-order valence-corrected chi connectivity index (χ4v) is 15.9. The molecule has 0 radical (unpaired) electrons. The van der Waals surface area contributed by atoms with E-state index in [1.807, 2.05) is 60.7 Å². The molecule has 496 valence electrons. The van der Waals surface area contributed by atoms with Crippen LogP contribution < -0.4 is 0 Å². The summed E-state index contributed by atoms with van der Waals surface area (Å²) in [4.78, 5) is 15.1. The van der Waals surface area contributed by atoms with Gasteiger partial charge >= 0.3 is 0 Å². The number of hydrogen-bond acceptors (Lipinski definition) is 3. The molecule has 7 nitrogen and oxygen atoms in total. The van der Waals surface area contributed by atoms with Crippen LogP contribution in [0.1, 0.15) is 0 Å². The summed E-state index contributed by atoms with van der Waals surface area (Å²) in [6.45, 7) is 0. The van der Waals surface area contributed by atoms with Gasteiger partial charge in [-0.3, -0.25) is 4.57 Å². The maximum Gasteiger partial charge on any atom is 0.238 e. The lowest BCUT2D eigenvalue weighted by Crippen LogP contribution is -2.06. The molecule has 0 aliphatic heterocycles. The van der Waals surface area contributed by atoms with Gasteiger partial charge in [0.05, 0.1) is 44.1 Å². The van der Waals surface area contributed by atoms with E-state index in [0.717, 1.165) is 55.6 Å². The van der Waals surface area contributed by atoms with Gasteiger partial charge in [-0.2, -0.15) is 9.97 Å². The number of hydrogen-bond donors (Lipinski definition) is 0. The second-order valence-electron chi connectivity index (χ2n) is 27.1. The smallest absolute Gasteiger partial charge is 0.238 e. The average molecular weight is 1350 g/mol.